The van der Waals surface area contributed by atoms with Crippen LogP contribution < -0.4 is 4.90 Å². The fourth-order valence-corrected chi connectivity index (χ4v) is 9.61. The van der Waals surface area contributed by atoms with Crippen LogP contribution in [0.1, 0.15) is 25.0 Å². The van der Waals surface area contributed by atoms with Gasteiger partial charge in [0.1, 0.15) is 11.2 Å². The lowest BCUT2D eigenvalue weighted by atomic mass is 9.82. The zero-order valence-electron chi connectivity index (χ0n) is 33.8. The van der Waals surface area contributed by atoms with Crippen LogP contribution in [0.4, 0.5) is 17.1 Å². The van der Waals surface area contributed by atoms with Gasteiger partial charge in [0.15, 0.2) is 5.82 Å². The van der Waals surface area contributed by atoms with Crippen molar-refractivity contribution in [2.24, 2.45) is 0 Å². The van der Waals surface area contributed by atoms with Crippen LogP contribution in [0.15, 0.2) is 205 Å². The maximum Gasteiger partial charge on any atom is 0.160 e. The smallest absolute Gasteiger partial charge is 0.160 e. The highest BCUT2D eigenvalue weighted by Gasteiger charge is 2.35. The molecule has 61 heavy (non-hydrogen) atoms. The number of fused-ring (bicyclic) bond motifs is 8. The van der Waals surface area contributed by atoms with Gasteiger partial charge in [0.25, 0.3) is 0 Å². The zero-order chi connectivity index (χ0) is 40.7. The van der Waals surface area contributed by atoms with Crippen molar-refractivity contribution in [3.8, 4) is 44.9 Å². The number of hydrogen-bond acceptors (Lipinski definition) is 4. The molecule has 0 spiro atoms. The minimum atomic E-state index is -0.106. The van der Waals surface area contributed by atoms with Gasteiger partial charge in [0, 0.05) is 49.8 Å². The van der Waals surface area contributed by atoms with Crippen LogP contribution in [0.5, 0.6) is 0 Å². The van der Waals surface area contributed by atoms with Crippen molar-refractivity contribution in [2.45, 2.75) is 19.3 Å². The van der Waals surface area contributed by atoms with E-state index in [1.807, 2.05) is 6.07 Å². The van der Waals surface area contributed by atoms with Crippen LogP contribution in [0.25, 0.3) is 88.5 Å². The van der Waals surface area contributed by atoms with Crippen molar-refractivity contribution in [3.63, 3.8) is 0 Å². The number of aromatic nitrogens is 2. The molecule has 2 aromatic heterocycles. The van der Waals surface area contributed by atoms with E-state index in [0.29, 0.717) is 5.82 Å². The maximum absolute atomic E-state index is 6.72. The fourth-order valence-electron chi connectivity index (χ4n) is 9.61. The van der Waals surface area contributed by atoms with Crippen LogP contribution in [0.2, 0.25) is 0 Å². The van der Waals surface area contributed by atoms with Crippen molar-refractivity contribution >= 4 is 60.7 Å². The molecule has 4 heteroatoms. The third-order valence-electron chi connectivity index (χ3n) is 12.6. The van der Waals surface area contributed by atoms with Gasteiger partial charge in [-0.25, -0.2) is 9.97 Å². The van der Waals surface area contributed by atoms with E-state index in [1.54, 1.807) is 0 Å². The number of furan rings is 1. The Morgan fingerprint density at radius 1 is 0.426 bits per heavy atom. The number of rotatable bonds is 6. The van der Waals surface area contributed by atoms with Crippen molar-refractivity contribution in [1.82, 2.24) is 9.97 Å². The molecule has 0 bridgehead atoms. The SMILES string of the molecule is CC1(C)c2ccccc2-c2ccc(N(c3ccccc3)c3ccc(-c4nc(-c5cc(-c6ccccc6)c6c(c5)oc5cc7ccccc7cc56)c5ccccc5n4)cc3)cc21. The lowest BCUT2D eigenvalue weighted by Gasteiger charge is -2.28. The summed E-state index contributed by atoms with van der Waals surface area (Å²) in [5.74, 6) is 0.667. The first kappa shape index (κ1) is 35.2. The summed E-state index contributed by atoms with van der Waals surface area (Å²) in [6.45, 7) is 4.67. The number of anilines is 3. The quantitative estimate of drug-likeness (QED) is 0.168. The first-order chi connectivity index (χ1) is 30.0. The van der Waals surface area contributed by atoms with Gasteiger partial charge in [0.2, 0.25) is 0 Å². The van der Waals surface area contributed by atoms with E-state index in [4.69, 9.17) is 14.4 Å². The van der Waals surface area contributed by atoms with Crippen molar-refractivity contribution in [1.29, 1.82) is 0 Å². The molecule has 1 aliphatic carbocycles. The molecule has 0 N–H and O–H groups in total. The van der Waals surface area contributed by atoms with Gasteiger partial charge in [0.05, 0.1) is 11.2 Å². The van der Waals surface area contributed by atoms with Crippen LogP contribution >= 0.6 is 0 Å². The van der Waals surface area contributed by atoms with Crippen LogP contribution in [0.3, 0.4) is 0 Å². The Hall–Kier alpha value is -7.82. The molecular weight excluding hydrogens is 743 g/mol. The second-order valence-electron chi connectivity index (χ2n) is 16.6. The molecule has 4 nitrogen and oxygen atoms in total. The Morgan fingerprint density at radius 3 is 1.90 bits per heavy atom. The molecule has 1 aliphatic rings. The Bertz CT molecular complexity index is 3500. The van der Waals surface area contributed by atoms with Gasteiger partial charge in [-0.05, 0) is 123 Å². The predicted molar refractivity (Wildman–Crippen MR) is 253 cm³/mol. The van der Waals surface area contributed by atoms with Crippen molar-refractivity contribution in [3.05, 3.63) is 211 Å². The molecule has 12 rings (SSSR count). The molecule has 9 aromatic carbocycles. The Balaban J connectivity index is 0.991. The van der Waals surface area contributed by atoms with E-state index < -0.39 is 0 Å². The second kappa shape index (κ2) is 13.6. The monoisotopic (exact) mass is 781 g/mol. The molecule has 0 atom stereocenters. The molecule has 288 valence electrons. The average molecular weight is 782 g/mol. The van der Waals surface area contributed by atoms with Crippen LogP contribution in [-0.2, 0) is 5.41 Å². The Morgan fingerprint density at radius 2 is 1.08 bits per heavy atom. The zero-order valence-corrected chi connectivity index (χ0v) is 33.8. The van der Waals surface area contributed by atoms with Gasteiger partial charge in [-0.15, -0.1) is 0 Å². The molecule has 2 heterocycles. The number of nitrogens with zero attached hydrogens (tertiary/aromatic N) is 3. The van der Waals surface area contributed by atoms with E-state index in [2.05, 4.69) is 213 Å². The summed E-state index contributed by atoms with van der Waals surface area (Å²) in [5, 5.41) is 5.53. The molecule has 0 saturated carbocycles. The predicted octanol–water partition coefficient (Wildman–Crippen LogP) is 15.5. The van der Waals surface area contributed by atoms with E-state index >= 15 is 0 Å². The van der Waals surface area contributed by atoms with E-state index in [1.165, 1.54) is 27.6 Å². The van der Waals surface area contributed by atoms with Gasteiger partial charge >= 0.3 is 0 Å². The summed E-state index contributed by atoms with van der Waals surface area (Å²) in [5.41, 5.74) is 16.1. The first-order valence-corrected chi connectivity index (χ1v) is 20.9. The van der Waals surface area contributed by atoms with Crippen molar-refractivity contribution in [2.75, 3.05) is 4.90 Å². The molecular formula is C57H39N3O. The summed E-state index contributed by atoms with van der Waals surface area (Å²) in [4.78, 5) is 12.9. The highest BCUT2D eigenvalue weighted by atomic mass is 16.3. The Labute approximate surface area is 354 Å². The van der Waals surface area contributed by atoms with Gasteiger partial charge in [-0.2, -0.15) is 0 Å². The third-order valence-corrected chi connectivity index (χ3v) is 12.6. The molecule has 0 radical (unpaired) electrons. The molecule has 0 fully saturated rings. The van der Waals surface area contributed by atoms with Gasteiger partial charge < -0.3 is 9.32 Å². The number of hydrogen-bond donors (Lipinski definition) is 0. The summed E-state index contributed by atoms with van der Waals surface area (Å²) in [6, 6.07) is 71.2. The summed E-state index contributed by atoms with van der Waals surface area (Å²) in [7, 11) is 0. The molecule has 11 aromatic rings. The van der Waals surface area contributed by atoms with E-state index in [9.17, 15) is 0 Å². The normalized spacial score (nSPS) is 12.9. The van der Waals surface area contributed by atoms with Crippen LogP contribution in [-0.4, -0.2) is 9.97 Å². The highest BCUT2D eigenvalue weighted by molar-refractivity contribution is 6.17. The maximum atomic E-state index is 6.72. The lowest BCUT2D eigenvalue weighted by molar-refractivity contribution is 0.660. The molecule has 0 aliphatic heterocycles. The number of para-hydroxylation sites is 2. The molecule has 0 amide bonds. The highest BCUT2D eigenvalue weighted by Crippen LogP contribution is 2.51. The summed E-state index contributed by atoms with van der Waals surface area (Å²) >= 11 is 0. The lowest BCUT2D eigenvalue weighted by Crippen LogP contribution is -2.16. The van der Waals surface area contributed by atoms with E-state index in [-0.39, 0.29) is 5.41 Å². The minimum Gasteiger partial charge on any atom is -0.456 e. The minimum absolute atomic E-state index is 0.106. The van der Waals surface area contributed by atoms with Gasteiger partial charge in [-0.3, -0.25) is 0 Å². The number of benzene rings is 9. The fraction of sp³-hybridized carbons (Fsp3) is 0.0526. The van der Waals surface area contributed by atoms with E-state index in [0.717, 1.165) is 83.2 Å². The topological polar surface area (TPSA) is 42.2 Å². The molecule has 0 saturated heterocycles. The molecule has 0 unspecified atom stereocenters. The van der Waals surface area contributed by atoms with Crippen molar-refractivity contribution < 1.29 is 4.42 Å². The standard InChI is InChI=1S/C57H39N3O/c1-57(2)49-23-13-11-21-44(49)45-30-29-43(35-50(45)57)60(41-19-7-4-8-20-41)42-27-25-37(26-28-42)56-58-51-24-14-12-22-46(51)55(59-56)40-32-47(36-15-5-3-6-16-36)54-48-31-38-17-9-10-18-39(38)33-52(48)61-53(54)34-40/h3-35H,1-2H3. The third kappa shape index (κ3) is 5.67. The summed E-state index contributed by atoms with van der Waals surface area (Å²) < 4.78 is 6.72. The Kier molecular flexibility index (Phi) is 7.85. The summed E-state index contributed by atoms with van der Waals surface area (Å²) in [6.07, 6.45) is 0. The first-order valence-electron chi connectivity index (χ1n) is 20.9. The second-order valence-corrected chi connectivity index (χ2v) is 16.6. The largest absolute Gasteiger partial charge is 0.456 e. The van der Waals surface area contributed by atoms with Crippen LogP contribution in [0, 0.1) is 0 Å². The van der Waals surface area contributed by atoms with Gasteiger partial charge in [-0.1, -0.05) is 135 Å². The average Bonchev–Trinajstić information content (AvgIpc) is 3.78.